The molecule has 1 rings (SSSR count). The average molecular weight is 229 g/mol. The van der Waals surface area contributed by atoms with Crippen LogP contribution in [0.25, 0.3) is 0 Å². The highest BCUT2D eigenvalue weighted by Gasteiger charge is 2.25. The van der Waals surface area contributed by atoms with Gasteiger partial charge in [0.1, 0.15) is 0 Å². The van der Waals surface area contributed by atoms with Gasteiger partial charge in [0.05, 0.1) is 19.1 Å². The van der Waals surface area contributed by atoms with Gasteiger partial charge in [-0.15, -0.1) is 0 Å². The molecule has 1 N–H and O–H groups in total. The lowest BCUT2D eigenvalue weighted by atomic mass is 10.1. The normalized spacial score (nSPS) is 23.7. The molecule has 0 aromatic carbocycles. The van der Waals surface area contributed by atoms with E-state index < -0.39 is 5.97 Å². The van der Waals surface area contributed by atoms with Crippen LogP contribution in [0.3, 0.4) is 0 Å². The lowest BCUT2D eigenvalue weighted by Crippen LogP contribution is -3.13. The number of nitrogens with one attached hydrogen (secondary N) is 1. The first-order valence-electron chi connectivity index (χ1n) is 6.63. The van der Waals surface area contributed by atoms with Crippen LogP contribution in [0.2, 0.25) is 0 Å². The van der Waals surface area contributed by atoms with Gasteiger partial charge in [0.15, 0.2) is 0 Å². The van der Waals surface area contributed by atoms with Crippen molar-refractivity contribution in [3.05, 3.63) is 0 Å². The molecular weight excluding hydrogens is 202 g/mol. The van der Waals surface area contributed by atoms with E-state index in [0.29, 0.717) is 0 Å². The molecule has 0 saturated carbocycles. The Labute approximate surface area is 99.8 Å². The third-order valence-electron chi connectivity index (χ3n) is 3.22. The third kappa shape index (κ3) is 7.69. The first-order chi connectivity index (χ1) is 7.61. The number of carbonyl (C=O) groups is 1. The van der Waals surface area contributed by atoms with Gasteiger partial charge in [-0.25, -0.2) is 0 Å². The van der Waals surface area contributed by atoms with E-state index in [1.54, 1.807) is 0 Å². The Morgan fingerprint density at radius 1 is 1.38 bits per heavy atom. The van der Waals surface area contributed by atoms with Gasteiger partial charge in [0.25, 0.3) is 0 Å². The second-order valence-corrected chi connectivity index (χ2v) is 4.60. The van der Waals surface area contributed by atoms with Gasteiger partial charge in [-0.2, -0.15) is 0 Å². The van der Waals surface area contributed by atoms with Crippen LogP contribution in [-0.4, -0.2) is 25.1 Å². The highest BCUT2D eigenvalue weighted by atomic mass is 16.4. The summed E-state index contributed by atoms with van der Waals surface area (Å²) in [5.74, 6) is -1.08. The van der Waals surface area contributed by atoms with Gasteiger partial charge in [0.2, 0.25) is 0 Å². The molecule has 96 valence electrons. The zero-order valence-electron chi connectivity index (χ0n) is 11.1. The van der Waals surface area contributed by atoms with Crippen LogP contribution in [0, 0.1) is 0 Å². The Bertz CT molecular complexity index is 179. The minimum atomic E-state index is -1.08. The van der Waals surface area contributed by atoms with Gasteiger partial charge in [-0.05, 0) is 26.2 Å². The van der Waals surface area contributed by atoms with Crippen molar-refractivity contribution in [3.63, 3.8) is 0 Å². The quantitative estimate of drug-likeness (QED) is 0.693. The second kappa shape index (κ2) is 9.64. The lowest BCUT2D eigenvalue weighted by Gasteiger charge is -2.19. The van der Waals surface area contributed by atoms with Crippen LogP contribution in [0.1, 0.15) is 59.3 Å². The van der Waals surface area contributed by atoms with Crippen LogP contribution in [-0.2, 0) is 4.79 Å². The van der Waals surface area contributed by atoms with Crippen molar-refractivity contribution < 1.29 is 14.8 Å². The van der Waals surface area contributed by atoms with Crippen LogP contribution in [0.5, 0.6) is 0 Å². The predicted octanol–water partition coefficient (Wildman–Crippen LogP) is 0.390. The van der Waals surface area contributed by atoms with Crippen LogP contribution < -0.4 is 10.0 Å². The van der Waals surface area contributed by atoms with E-state index in [-0.39, 0.29) is 0 Å². The van der Waals surface area contributed by atoms with Crippen molar-refractivity contribution in [2.75, 3.05) is 13.1 Å². The number of carbonyl (C=O) groups excluding carboxylic acids is 1. The summed E-state index contributed by atoms with van der Waals surface area (Å²) in [5.41, 5.74) is 0. The van der Waals surface area contributed by atoms with Crippen LogP contribution >= 0.6 is 0 Å². The van der Waals surface area contributed by atoms with Crippen LogP contribution in [0.15, 0.2) is 0 Å². The summed E-state index contributed by atoms with van der Waals surface area (Å²) in [5, 5.41) is 8.89. The molecule has 1 aliphatic rings. The van der Waals surface area contributed by atoms with Gasteiger partial charge in [-0.1, -0.05) is 20.3 Å². The molecule has 1 saturated heterocycles. The molecule has 1 fully saturated rings. The number of hydrogen-bond donors (Lipinski definition) is 1. The van der Waals surface area contributed by atoms with Crippen molar-refractivity contribution in [2.45, 2.75) is 65.3 Å². The number of quaternary nitrogens is 1. The molecular formula is C13H27NO2. The standard InChI is InChI=1S/C11H23N.C2H4O2/c1-3-5-6-9-12-10-7-8-11(12)4-2;1-2(3)4/h11H,3-10H2,1-2H3;1H3,(H,3,4). The van der Waals surface area contributed by atoms with Crippen molar-refractivity contribution in [1.29, 1.82) is 0 Å². The molecule has 0 spiro atoms. The highest BCUT2D eigenvalue weighted by Crippen LogP contribution is 2.03. The Balaban J connectivity index is 0.000000487. The van der Waals surface area contributed by atoms with E-state index in [0.717, 1.165) is 13.0 Å². The van der Waals surface area contributed by atoms with Crippen LogP contribution in [0.4, 0.5) is 0 Å². The molecule has 0 aromatic heterocycles. The Kier molecular flexibility index (Phi) is 9.30. The number of aliphatic carboxylic acids is 1. The Morgan fingerprint density at radius 2 is 2.00 bits per heavy atom. The zero-order valence-corrected chi connectivity index (χ0v) is 11.1. The Morgan fingerprint density at radius 3 is 2.50 bits per heavy atom. The fourth-order valence-electron chi connectivity index (χ4n) is 2.41. The first-order valence-corrected chi connectivity index (χ1v) is 6.63. The van der Waals surface area contributed by atoms with E-state index in [4.69, 9.17) is 9.90 Å². The van der Waals surface area contributed by atoms with Crippen molar-refractivity contribution in [3.8, 4) is 0 Å². The second-order valence-electron chi connectivity index (χ2n) is 4.60. The number of carboxylic acids is 1. The number of carboxylic acid groups (broad SMARTS) is 1. The molecule has 16 heavy (non-hydrogen) atoms. The maximum atomic E-state index is 8.89. The molecule has 0 radical (unpaired) electrons. The highest BCUT2D eigenvalue weighted by molar-refractivity contribution is 5.60. The molecule has 2 unspecified atom stereocenters. The fourth-order valence-corrected chi connectivity index (χ4v) is 2.41. The maximum absolute atomic E-state index is 8.89. The summed E-state index contributed by atoms with van der Waals surface area (Å²) in [6.07, 6.45) is 8.59. The summed E-state index contributed by atoms with van der Waals surface area (Å²) in [7, 11) is 0. The fraction of sp³-hybridized carbons (Fsp3) is 0.923. The Hall–Kier alpha value is -0.570. The number of unbranched alkanes of at least 4 members (excludes halogenated alkanes) is 2. The molecule has 1 heterocycles. The minimum absolute atomic E-state index is 0.972. The van der Waals surface area contributed by atoms with E-state index in [1.807, 2.05) is 4.90 Å². The molecule has 0 amide bonds. The van der Waals surface area contributed by atoms with E-state index in [1.165, 1.54) is 51.6 Å². The van der Waals surface area contributed by atoms with E-state index in [9.17, 15) is 0 Å². The molecule has 3 nitrogen and oxygen atoms in total. The zero-order chi connectivity index (χ0) is 12.4. The molecule has 0 aromatic rings. The molecule has 3 heteroatoms. The molecule has 0 bridgehead atoms. The summed E-state index contributed by atoms with van der Waals surface area (Å²) in [4.78, 5) is 10.8. The monoisotopic (exact) mass is 229 g/mol. The molecule has 1 aliphatic heterocycles. The van der Waals surface area contributed by atoms with Gasteiger partial charge in [0, 0.05) is 18.8 Å². The van der Waals surface area contributed by atoms with Gasteiger partial charge < -0.3 is 14.8 Å². The number of likely N-dealkylation sites (tertiary alicyclic amines) is 1. The van der Waals surface area contributed by atoms with E-state index in [2.05, 4.69) is 13.8 Å². The predicted molar refractivity (Wildman–Crippen MR) is 64.2 cm³/mol. The first kappa shape index (κ1) is 15.4. The molecule has 0 aliphatic carbocycles. The molecule has 2 atom stereocenters. The summed E-state index contributed by atoms with van der Waals surface area (Å²) >= 11 is 0. The average Bonchev–Trinajstić information content (AvgIpc) is 2.65. The summed E-state index contributed by atoms with van der Waals surface area (Å²) in [6, 6.07) is 1.00. The van der Waals surface area contributed by atoms with Gasteiger partial charge >= 0.3 is 0 Å². The van der Waals surface area contributed by atoms with Gasteiger partial charge in [-0.3, -0.25) is 0 Å². The third-order valence-corrected chi connectivity index (χ3v) is 3.22. The summed E-state index contributed by atoms with van der Waals surface area (Å²) < 4.78 is 0. The van der Waals surface area contributed by atoms with Crippen molar-refractivity contribution >= 4 is 5.97 Å². The topological polar surface area (TPSA) is 44.6 Å². The summed E-state index contributed by atoms with van der Waals surface area (Å²) in [6.45, 7) is 8.49. The smallest absolute Gasteiger partial charge is 0.0874 e. The lowest BCUT2D eigenvalue weighted by molar-refractivity contribution is -0.912. The SMILES string of the molecule is CC(=O)[O-].CCCCC[NH+]1CCCC1CC. The van der Waals surface area contributed by atoms with Crippen molar-refractivity contribution in [2.24, 2.45) is 0 Å². The van der Waals surface area contributed by atoms with E-state index >= 15 is 0 Å². The number of hydrogen-bond acceptors (Lipinski definition) is 2. The number of rotatable bonds is 5. The maximum Gasteiger partial charge on any atom is 0.0874 e. The van der Waals surface area contributed by atoms with Crippen molar-refractivity contribution in [1.82, 2.24) is 0 Å². The minimum Gasteiger partial charge on any atom is -0.550 e. The largest absolute Gasteiger partial charge is 0.550 e.